The molecule has 3 heteroatoms. The third-order valence-electron chi connectivity index (χ3n) is 0.670. The monoisotopic (exact) mass is 81.0 g/mol. The largest absolute Gasteiger partial charge is 0.311 e. The number of rotatable bonds is 0. The van der Waals surface area contributed by atoms with Crippen LogP contribution in [0.25, 0.3) is 0 Å². The Morgan fingerprint density at radius 3 is 1.67 bits per heavy atom. The molecule has 1 saturated heterocycles. The lowest BCUT2D eigenvalue weighted by molar-refractivity contribution is -0.123. The van der Waals surface area contributed by atoms with E-state index in [1.54, 1.807) is 0 Å². The van der Waals surface area contributed by atoms with Crippen molar-refractivity contribution in [3.8, 4) is 0 Å². The van der Waals surface area contributed by atoms with Crippen molar-refractivity contribution in [1.29, 1.82) is 0 Å². The zero-order valence-electron chi connectivity index (χ0n) is 3.10. The van der Waals surface area contributed by atoms with E-state index >= 15 is 0 Å². The Hall–Kier alpha value is -0.595. The minimum Gasteiger partial charge on any atom is -0.311 e. The second kappa shape index (κ2) is 0.931. The second-order valence-electron chi connectivity index (χ2n) is 1.25. The van der Waals surface area contributed by atoms with Crippen LogP contribution in [0.5, 0.6) is 0 Å². The Balaban J connectivity index is 2.47. The quantitative estimate of drug-likeness (QED) is 0.281. The van der Waals surface area contributed by atoms with Gasteiger partial charge >= 0.3 is 0 Å². The van der Waals surface area contributed by atoms with Gasteiger partial charge in [-0.05, 0) is 0 Å². The summed E-state index contributed by atoms with van der Waals surface area (Å²) in [6.45, 7) is 0. The summed E-state index contributed by atoms with van der Waals surface area (Å²) in [5, 5.41) is 0. The lowest BCUT2D eigenvalue weighted by atomic mass is 9.55. The number of hydrogen-bond acceptors (Lipinski definition) is 2. The fourth-order valence-corrected chi connectivity index (χ4v) is 0.322. The molecule has 0 atom stereocenters. The summed E-state index contributed by atoms with van der Waals surface area (Å²) in [6.07, 6.45) is 0.139. The van der Waals surface area contributed by atoms with Crippen molar-refractivity contribution in [3.63, 3.8) is 0 Å². The molecule has 1 aliphatic rings. The molecule has 0 aromatic carbocycles. The summed E-state index contributed by atoms with van der Waals surface area (Å²) < 4.78 is 0. The molecule has 0 aliphatic carbocycles. The molecule has 2 nitrogen and oxygen atoms in total. The fourth-order valence-electron chi connectivity index (χ4n) is 0.322. The van der Waals surface area contributed by atoms with E-state index < -0.39 is 0 Å². The predicted molar refractivity (Wildman–Crippen MR) is 20.4 cm³/mol. The van der Waals surface area contributed by atoms with Gasteiger partial charge in [0.2, 0.25) is 0 Å². The molecule has 0 N–H and O–H groups in total. The molecule has 1 fully saturated rings. The summed E-state index contributed by atoms with van der Waals surface area (Å²) in [5.41, 5.74) is -0.0833. The van der Waals surface area contributed by atoms with Gasteiger partial charge in [0.15, 0.2) is 0 Å². The van der Waals surface area contributed by atoms with E-state index in [0.29, 0.717) is 0 Å². The standard InChI is InChI=1S/C3H2BO2/c5-2-1-3(6)4-2/h1H2. The summed E-state index contributed by atoms with van der Waals surface area (Å²) in [4.78, 5) is 19.7. The Bertz CT molecular complexity index is 85.4. The average molecular weight is 80.9 g/mol. The van der Waals surface area contributed by atoms with Crippen LogP contribution in [0.4, 0.5) is 0 Å². The third kappa shape index (κ3) is 0.359. The minimum atomic E-state index is -0.0417. The third-order valence-corrected chi connectivity index (χ3v) is 0.670. The van der Waals surface area contributed by atoms with Crippen molar-refractivity contribution in [2.24, 2.45) is 0 Å². The summed E-state index contributed by atoms with van der Waals surface area (Å²) >= 11 is 0. The smallest absolute Gasteiger partial charge is 0.291 e. The van der Waals surface area contributed by atoms with Crippen LogP contribution in [0.15, 0.2) is 0 Å². The number of hydrogen-bond donors (Lipinski definition) is 0. The molecule has 1 aliphatic heterocycles. The van der Waals surface area contributed by atoms with Crippen LogP contribution in [0.2, 0.25) is 0 Å². The highest BCUT2D eigenvalue weighted by Gasteiger charge is 2.24. The Morgan fingerprint density at radius 2 is 1.67 bits per heavy atom. The van der Waals surface area contributed by atoms with Crippen LogP contribution in [0.1, 0.15) is 6.42 Å². The molecule has 0 saturated carbocycles. The zero-order valence-corrected chi connectivity index (χ0v) is 3.10. The van der Waals surface area contributed by atoms with Crippen molar-refractivity contribution in [3.05, 3.63) is 0 Å². The first kappa shape index (κ1) is 3.59. The van der Waals surface area contributed by atoms with Gasteiger partial charge in [-0.3, -0.25) is 0 Å². The molecule has 29 valence electrons. The first-order chi connectivity index (χ1) is 2.79. The van der Waals surface area contributed by atoms with Gasteiger partial charge in [-0.2, -0.15) is 0 Å². The average Bonchev–Trinajstić information content (AvgIpc) is 1.33. The molecule has 1 heterocycles. The Labute approximate surface area is 35.8 Å². The van der Waals surface area contributed by atoms with E-state index in [0.717, 1.165) is 7.28 Å². The zero-order chi connectivity index (χ0) is 4.57. The van der Waals surface area contributed by atoms with Crippen molar-refractivity contribution >= 4 is 18.6 Å². The predicted octanol–water partition coefficient (Wildman–Crippen LogP) is -0.853. The van der Waals surface area contributed by atoms with Crippen LogP contribution in [0.3, 0.4) is 0 Å². The van der Waals surface area contributed by atoms with Crippen molar-refractivity contribution in [1.82, 2.24) is 0 Å². The van der Waals surface area contributed by atoms with Crippen LogP contribution < -0.4 is 0 Å². The molecule has 0 aromatic heterocycles. The second-order valence-corrected chi connectivity index (χ2v) is 1.25. The van der Waals surface area contributed by atoms with E-state index in [1.807, 2.05) is 0 Å². The van der Waals surface area contributed by atoms with E-state index in [9.17, 15) is 9.59 Å². The lowest BCUT2D eigenvalue weighted by Crippen LogP contribution is -2.34. The maximum atomic E-state index is 9.83. The van der Waals surface area contributed by atoms with Gasteiger partial charge in [0, 0.05) is 6.42 Å². The van der Waals surface area contributed by atoms with Crippen molar-refractivity contribution in [2.45, 2.75) is 6.42 Å². The van der Waals surface area contributed by atoms with E-state index in [2.05, 4.69) is 0 Å². The van der Waals surface area contributed by atoms with E-state index in [4.69, 9.17) is 0 Å². The molecule has 1 rings (SSSR count). The maximum absolute atomic E-state index is 9.83. The molecule has 0 bridgehead atoms. The molecule has 0 amide bonds. The highest BCUT2D eigenvalue weighted by Crippen LogP contribution is 1.94. The summed E-state index contributed by atoms with van der Waals surface area (Å²) in [6, 6.07) is 0. The molecule has 6 heavy (non-hydrogen) atoms. The van der Waals surface area contributed by atoms with Gasteiger partial charge < -0.3 is 9.59 Å². The van der Waals surface area contributed by atoms with E-state index in [-0.39, 0.29) is 17.8 Å². The summed E-state index contributed by atoms with van der Waals surface area (Å²) in [5.74, 6) is 0. The van der Waals surface area contributed by atoms with Gasteiger partial charge in [0.05, 0.1) is 0 Å². The van der Waals surface area contributed by atoms with Crippen LogP contribution in [-0.2, 0) is 9.59 Å². The SMILES string of the molecule is O=C1[B]C(=O)C1. The van der Waals surface area contributed by atoms with Crippen LogP contribution in [0, 0.1) is 0 Å². The Morgan fingerprint density at radius 1 is 1.33 bits per heavy atom. The van der Waals surface area contributed by atoms with Crippen molar-refractivity contribution in [2.75, 3.05) is 0 Å². The highest BCUT2D eigenvalue weighted by atomic mass is 16.2. The molecular formula is C3H2BO2. The Kier molecular flexibility index (Phi) is 0.557. The lowest BCUT2D eigenvalue weighted by Gasteiger charge is -2.02. The first-order valence-electron chi connectivity index (χ1n) is 1.69. The normalized spacial score (nSPS) is 19.3. The van der Waals surface area contributed by atoms with Crippen LogP contribution in [-0.4, -0.2) is 18.6 Å². The van der Waals surface area contributed by atoms with Gasteiger partial charge in [-0.25, -0.2) is 0 Å². The molecule has 0 spiro atoms. The van der Waals surface area contributed by atoms with Gasteiger partial charge in [0.25, 0.3) is 7.28 Å². The molecule has 1 radical (unpaired) electrons. The first-order valence-corrected chi connectivity index (χ1v) is 1.69. The van der Waals surface area contributed by atoms with Gasteiger partial charge in [-0.15, -0.1) is 0 Å². The van der Waals surface area contributed by atoms with Crippen molar-refractivity contribution < 1.29 is 9.59 Å². The van der Waals surface area contributed by atoms with Gasteiger partial charge in [0.1, 0.15) is 11.4 Å². The molecule has 0 aromatic rings. The molecular weight excluding hydrogens is 78.8 g/mol. The van der Waals surface area contributed by atoms with Gasteiger partial charge in [-0.1, -0.05) is 0 Å². The topological polar surface area (TPSA) is 34.1 Å². The number of carbonyl (C=O) groups is 2. The maximum Gasteiger partial charge on any atom is 0.291 e. The minimum absolute atomic E-state index is 0.0417. The molecule has 0 unspecified atom stereocenters. The van der Waals surface area contributed by atoms with E-state index in [1.165, 1.54) is 0 Å². The number of carbonyl (C=O) groups excluding carboxylic acids is 2. The highest BCUT2D eigenvalue weighted by molar-refractivity contribution is 7.06. The van der Waals surface area contributed by atoms with Crippen LogP contribution >= 0.6 is 0 Å². The fraction of sp³-hybridized carbons (Fsp3) is 0.333. The summed E-state index contributed by atoms with van der Waals surface area (Å²) in [7, 11) is 1.11.